The van der Waals surface area contributed by atoms with Crippen LogP contribution in [0.3, 0.4) is 0 Å². The first-order valence-corrected chi connectivity index (χ1v) is 7.19. The minimum Gasteiger partial charge on any atom is -0.481 e. The highest BCUT2D eigenvalue weighted by Gasteiger charge is 2.28. The number of rotatable bonds is 4. The fraction of sp³-hybridized carbons (Fsp3) is 0.294. The minimum atomic E-state index is -0.715. The first-order valence-electron chi connectivity index (χ1n) is 7.19. The second-order valence-electron chi connectivity index (χ2n) is 5.39. The predicted molar refractivity (Wildman–Crippen MR) is 81.4 cm³/mol. The van der Waals surface area contributed by atoms with Crippen LogP contribution in [-0.4, -0.2) is 29.1 Å². The van der Waals surface area contributed by atoms with Crippen molar-refractivity contribution in [1.29, 1.82) is 0 Å². The van der Waals surface area contributed by atoms with Crippen LogP contribution in [0.15, 0.2) is 48.7 Å². The highest BCUT2D eigenvalue weighted by atomic mass is 16.4. The van der Waals surface area contributed by atoms with E-state index >= 15 is 0 Å². The third kappa shape index (κ3) is 3.05. The van der Waals surface area contributed by atoms with Crippen molar-refractivity contribution in [1.82, 2.24) is 4.98 Å². The molecule has 108 valence electrons. The van der Waals surface area contributed by atoms with E-state index in [0.29, 0.717) is 13.0 Å². The number of nitrogens with zero attached hydrogens (tertiary/aromatic N) is 2. The number of carboxylic acid groups (broad SMARTS) is 1. The van der Waals surface area contributed by atoms with Crippen LogP contribution >= 0.6 is 0 Å². The Morgan fingerprint density at radius 2 is 2.05 bits per heavy atom. The van der Waals surface area contributed by atoms with Crippen LogP contribution in [0, 0.1) is 5.92 Å². The van der Waals surface area contributed by atoms with Crippen LogP contribution in [0.5, 0.6) is 0 Å². The molecule has 1 N–H and O–H groups in total. The normalized spacial score (nSPS) is 17.3. The molecule has 2 heterocycles. The van der Waals surface area contributed by atoms with Gasteiger partial charge in [-0.2, -0.15) is 0 Å². The van der Waals surface area contributed by atoms with E-state index < -0.39 is 5.97 Å². The van der Waals surface area contributed by atoms with Crippen LogP contribution < -0.4 is 4.90 Å². The van der Waals surface area contributed by atoms with Gasteiger partial charge in [-0.3, -0.25) is 9.78 Å². The molecule has 1 aromatic carbocycles. The van der Waals surface area contributed by atoms with Crippen molar-refractivity contribution in [3.63, 3.8) is 0 Å². The lowest BCUT2D eigenvalue weighted by atomic mass is 9.92. The van der Waals surface area contributed by atoms with Gasteiger partial charge in [-0.1, -0.05) is 24.3 Å². The smallest absolute Gasteiger partial charge is 0.308 e. The first-order chi connectivity index (χ1) is 10.2. The minimum absolute atomic E-state index is 0.330. The molecule has 0 spiro atoms. The standard InChI is InChI=1S/C17H18N2O2/c20-17(21)14-11-13-5-1-2-7-16(13)19(12-14)10-8-15-6-3-4-9-18-15/h1-7,9,14H,8,10-12H2,(H,20,21). The predicted octanol–water partition coefficient (Wildman–Crippen LogP) is 2.39. The first kappa shape index (κ1) is 13.6. The molecule has 4 nitrogen and oxygen atoms in total. The van der Waals surface area contributed by atoms with Crippen LogP contribution in [-0.2, 0) is 17.6 Å². The Bertz CT molecular complexity index is 628. The number of pyridine rings is 1. The fourth-order valence-corrected chi connectivity index (χ4v) is 2.86. The number of carboxylic acids is 1. The van der Waals surface area contributed by atoms with Crippen LogP contribution in [0.1, 0.15) is 11.3 Å². The monoisotopic (exact) mass is 282 g/mol. The summed E-state index contributed by atoms with van der Waals surface area (Å²) in [6, 6.07) is 14.0. The lowest BCUT2D eigenvalue weighted by molar-refractivity contribution is -0.141. The van der Waals surface area contributed by atoms with Gasteiger partial charge in [0, 0.05) is 37.1 Å². The Morgan fingerprint density at radius 1 is 1.24 bits per heavy atom. The summed E-state index contributed by atoms with van der Waals surface area (Å²) in [5, 5.41) is 9.33. The second kappa shape index (κ2) is 5.95. The summed E-state index contributed by atoms with van der Waals surface area (Å²) in [6.45, 7) is 1.36. The zero-order valence-corrected chi connectivity index (χ0v) is 11.8. The second-order valence-corrected chi connectivity index (χ2v) is 5.39. The molecule has 0 fully saturated rings. The molecule has 1 atom stereocenters. The maximum absolute atomic E-state index is 11.3. The maximum atomic E-state index is 11.3. The van der Waals surface area contributed by atoms with Crippen molar-refractivity contribution in [2.45, 2.75) is 12.8 Å². The molecular formula is C17H18N2O2. The highest BCUT2D eigenvalue weighted by Crippen LogP contribution is 2.29. The summed E-state index contributed by atoms with van der Waals surface area (Å²) in [7, 11) is 0. The number of aliphatic carboxylic acids is 1. The topological polar surface area (TPSA) is 53.4 Å². The molecule has 0 amide bonds. The van der Waals surface area contributed by atoms with E-state index in [0.717, 1.165) is 29.9 Å². The third-order valence-corrected chi connectivity index (χ3v) is 3.95. The number of fused-ring (bicyclic) bond motifs is 1. The molecule has 21 heavy (non-hydrogen) atoms. The Balaban J connectivity index is 1.78. The molecule has 1 aliphatic rings. The molecule has 1 aliphatic heterocycles. The number of aromatic nitrogens is 1. The van der Waals surface area contributed by atoms with Crippen LogP contribution in [0.4, 0.5) is 5.69 Å². The number of hydrogen-bond donors (Lipinski definition) is 1. The molecular weight excluding hydrogens is 264 g/mol. The maximum Gasteiger partial charge on any atom is 0.308 e. The number of hydrogen-bond acceptors (Lipinski definition) is 3. The number of benzene rings is 1. The van der Waals surface area contributed by atoms with Gasteiger partial charge >= 0.3 is 5.97 Å². The third-order valence-electron chi connectivity index (χ3n) is 3.95. The van der Waals surface area contributed by atoms with Crippen molar-refractivity contribution in [2.75, 3.05) is 18.0 Å². The van der Waals surface area contributed by atoms with Gasteiger partial charge in [-0.05, 0) is 30.2 Å². The Hall–Kier alpha value is -2.36. The van der Waals surface area contributed by atoms with Gasteiger partial charge in [0.05, 0.1) is 5.92 Å². The average Bonchev–Trinajstić information content (AvgIpc) is 2.53. The van der Waals surface area contributed by atoms with Crippen LogP contribution in [0.2, 0.25) is 0 Å². The van der Waals surface area contributed by atoms with E-state index in [-0.39, 0.29) is 5.92 Å². The van der Waals surface area contributed by atoms with Gasteiger partial charge in [0.1, 0.15) is 0 Å². The van der Waals surface area contributed by atoms with Gasteiger partial charge in [-0.15, -0.1) is 0 Å². The van der Waals surface area contributed by atoms with Gasteiger partial charge in [-0.25, -0.2) is 0 Å². The van der Waals surface area contributed by atoms with E-state index in [2.05, 4.69) is 16.0 Å². The highest BCUT2D eigenvalue weighted by molar-refractivity contribution is 5.73. The van der Waals surface area contributed by atoms with Crippen molar-refractivity contribution in [2.24, 2.45) is 5.92 Å². The summed E-state index contributed by atoms with van der Waals surface area (Å²) in [6.07, 6.45) is 3.23. The molecule has 0 saturated heterocycles. The Kier molecular flexibility index (Phi) is 3.86. The fourth-order valence-electron chi connectivity index (χ4n) is 2.86. The van der Waals surface area contributed by atoms with Crippen molar-refractivity contribution in [3.05, 3.63) is 59.9 Å². The molecule has 0 aliphatic carbocycles. The molecule has 3 rings (SSSR count). The van der Waals surface area contributed by atoms with Crippen molar-refractivity contribution >= 4 is 11.7 Å². The zero-order chi connectivity index (χ0) is 14.7. The summed E-state index contributed by atoms with van der Waals surface area (Å²) < 4.78 is 0. The van der Waals surface area contributed by atoms with E-state index in [4.69, 9.17) is 0 Å². The average molecular weight is 282 g/mol. The van der Waals surface area contributed by atoms with Gasteiger partial charge in [0.25, 0.3) is 0 Å². The Morgan fingerprint density at radius 3 is 2.81 bits per heavy atom. The van der Waals surface area contributed by atoms with Crippen LogP contribution in [0.25, 0.3) is 0 Å². The van der Waals surface area contributed by atoms with E-state index in [1.807, 2.05) is 36.4 Å². The van der Waals surface area contributed by atoms with E-state index in [9.17, 15) is 9.90 Å². The SMILES string of the molecule is O=C(O)C1Cc2ccccc2N(CCc2ccccn2)C1. The summed E-state index contributed by atoms with van der Waals surface area (Å²) in [5.41, 5.74) is 3.32. The molecule has 1 aromatic heterocycles. The molecule has 0 saturated carbocycles. The molecule has 0 radical (unpaired) electrons. The summed E-state index contributed by atoms with van der Waals surface area (Å²) >= 11 is 0. The van der Waals surface area contributed by atoms with Gasteiger partial charge in [0.2, 0.25) is 0 Å². The lowest BCUT2D eigenvalue weighted by Gasteiger charge is -2.34. The van der Waals surface area contributed by atoms with E-state index in [1.165, 1.54) is 0 Å². The number of para-hydroxylation sites is 1. The van der Waals surface area contributed by atoms with Gasteiger partial charge < -0.3 is 10.0 Å². The molecule has 2 aromatic rings. The van der Waals surface area contributed by atoms with E-state index in [1.54, 1.807) is 6.20 Å². The molecule has 1 unspecified atom stereocenters. The van der Waals surface area contributed by atoms with Crippen molar-refractivity contribution < 1.29 is 9.90 Å². The van der Waals surface area contributed by atoms with Crippen molar-refractivity contribution in [3.8, 4) is 0 Å². The Labute approximate surface area is 124 Å². The molecule has 0 bridgehead atoms. The quantitative estimate of drug-likeness (QED) is 0.935. The number of carbonyl (C=O) groups is 1. The van der Waals surface area contributed by atoms with Gasteiger partial charge in [0.15, 0.2) is 0 Å². The summed E-state index contributed by atoms with van der Waals surface area (Å²) in [5.74, 6) is -1.05. The summed E-state index contributed by atoms with van der Waals surface area (Å²) in [4.78, 5) is 17.8. The number of anilines is 1. The molecule has 4 heteroatoms. The largest absolute Gasteiger partial charge is 0.481 e. The lowest BCUT2D eigenvalue weighted by Crippen LogP contribution is -2.40. The zero-order valence-electron chi connectivity index (χ0n) is 11.8.